The van der Waals surface area contributed by atoms with Crippen LogP contribution in [0.25, 0.3) is 6.08 Å². The summed E-state index contributed by atoms with van der Waals surface area (Å²) in [5, 5.41) is 9.27. The molecular weight excluding hydrogens is 389 g/mol. The molecule has 106 valence electrons. The second kappa shape index (κ2) is 6.62. The molecule has 0 spiro atoms. The Morgan fingerprint density at radius 3 is 2.80 bits per heavy atom. The second-order valence-corrected chi connectivity index (χ2v) is 6.55. The third-order valence-electron chi connectivity index (χ3n) is 2.88. The van der Waals surface area contributed by atoms with E-state index in [-0.39, 0.29) is 16.9 Å². The van der Waals surface area contributed by atoms with Crippen LogP contribution in [-0.2, 0) is 4.79 Å². The number of imide groups is 1. The molecule has 0 radical (unpaired) electrons. The Balaban J connectivity index is 2.20. The minimum Gasteiger partial charge on any atom is -0.507 e. The van der Waals surface area contributed by atoms with Crippen molar-refractivity contribution < 1.29 is 14.7 Å². The lowest BCUT2D eigenvalue weighted by atomic mass is 10.2. The number of unbranched alkanes of at least 4 members (excludes halogenated alkanes) is 1. The van der Waals surface area contributed by atoms with Gasteiger partial charge >= 0.3 is 0 Å². The fourth-order valence-corrected chi connectivity index (χ4v) is 3.18. The molecule has 1 N–H and O–H groups in total. The highest BCUT2D eigenvalue weighted by Crippen LogP contribution is 2.33. The summed E-state index contributed by atoms with van der Waals surface area (Å²) < 4.78 is 0.710. The van der Waals surface area contributed by atoms with Crippen LogP contribution < -0.4 is 0 Å². The maximum absolute atomic E-state index is 12.1. The van der Waals surface area contributed by atoms with Gasteiger partial charge in [0.15, 0.2) is 0 Å². The molecule has 1 saturated heterocycles. The van der Waals surface area contributed by atoms with Crippen LogP contribution >= 0.6 is 34.4 Å². The van der Waals surface area contributed by atoms with Gasteiger partial charge in [-0.3, -0.25) is 14.5 Å². The van der Waals surface area contributed by atoms with E-state index in [2.05, 4.69) is 0 Å². The number of hydrogen-bond donors (Lipinski definition) is 1. The summed E-state index contributed by atoms with van der Waals surface area (Å²) in [5.41, 5.74) is 0.799. The number of phenolic OH excluding ortho intramolecular Hbond substituents is 1. The SMILES string of the molecule is CCCCN1C(=O)SC(=Cc2ccc(O)c(I)c2)C1=O. The van der Waals surface area contributed by atoms with Gasteiger partial charge in [0.05, 0.1) is 8.48 Å². The van der Waals surface area contributed by atoms with E-state index in [1.165, 1.54) is 4.90 Å². The van der Waals surface area contributed by atoms with Gasteiger partial charge in [0, 0.05) is 6.54 Å². The molecule has 0 saturated carbocycles. The standard InChI is InChI=1S/C14H14INO3S/c1-2-3-6-16-13(18)12(20-14(16)19)8-9-4-5-11(17)10(15)7-9/h4-5,7-8,17H,2-3,6H2,1H3. The van der Waals surface area contributed by atoms with Crippen molar-refractivity contribution in [3.05, 3.63) is 32.2 Å². The number of thioether (sulfide) groups is 1. The van der Waals surface area contributed by atoms with E-state index in [1.807, 2.05) is 29.5 Å². The smallest absolute Gasteiger partial charge is 0.293 e. The summed E-state index contributed by atoms with van der Waals surface area (Å²) >= 11 is 2.99. The van der Waals surface area contributed by atoms with E-state index in [0.29, 0.717) is 15.0 Å². The molecule has 0 atom stereocenters. The Morgan fingerprint density at radius 1 is 1.40 bits per heavy atom. The van der Waals surface area contributed by atoms with Crippen LogP contribution in [0.3, 0.4) is 0 Å². The van der Waals surface area contributed by atoms with Gasteiger partial charge in [0.1, 0.15) is 5.75 Å². The molecule has 4 nitrogen and oxygen atoms in total. The van der Waals surface area contributed by atoms with Crippen LogP contribution in [0.5, 0.6) is 5.75 Å². The van der Waals surface area contributed by atoms with E-state index in [9.17, 15) is 14.7 Å². The number of halogens is 1. The van der Waals surface area contributed by atoms with Crippen LogP contribution in [0.15, 0.2) is 23.1 Å². The zero-order valence-corrected chi connectivity index (χ0v) is 13.9. The fourth-order valence-electron chi connectivity index (χ4n) is 1.77. The van der Waals surface area contributed by atoms with Crippen molar-refractivity contribution in [2.24, 2.45) is 0 Å². The number of benzene rings is 1. The summed E-state index contributed by atoms with van der Waals surface area (Å²) in [6.45, 7) is 2.50. The normalized spacial score (nSPS) is 17.3. The van der Waals surface area contributed by atoms with E-state index in [4.69, 9.17) is 0 Å². The number of phenols is 1. The van der Waals surface area contributed by atoms with Crippen LogP contribution in [0.4, 0.5) is 4.79 Å². The summed E-state index contributed by atoms with van der Waals surface area (Å²) in [4.78, 5) is 25.7. The summed E-state index contributed by atoms with van der Waals surface area (Å²) in [5.74, 6) is -0.0182. The van der Waals surface area contributed by atoms with Gasteiger partial charge in [-0.1, -0.05) is 19.4 Å². The largest absolute Gasteiger partial charge is 0.507 e. The van der Waals surface area contributed by atoms with E-state index < -0.39 is 0 Å². The Labute approximate surface area is 135 Å². The lowest BCUT2D eigenvalue weighted by Gasteiger charge is -2.10. The highest BCUT2D eigenvalue weighted by molar-refractivity contribution is 14.1. The number of nitrogens with zero attached hydrogens (tertiary/aromatic N) is 1. The monoisotopic (exact) mass is 403 g/mol. The maximum atomic E-state index is 12.1. The minimum absolute atomic E-state index is 0.205. The molecule has 20 heavy (non-hydrogen) atoms. The predicted molar refractivity (Wildman–Crippen MR) is 88.4 cm³/mol. The van der Waals surface area contributed by atoms with E-state index >= 15 is 0 Å². The molecule has 1 aromatic rings. The Kier molecular flexibility index (Phi) is 5.09. The molecule has 0 unspecified atom stereocenters. The molecule has 0 bridgehead atoms. The van der Waals surface area contributed by atoms with Crippen molar-refractivity contribution in [1.29, 1.82) is 0 Å². The first kappa shape index (κ1) is 15.4. The van der Waals surface area contributed by atoms with Crippen LogP contribution in [-0.4, -0.2) is 27.7 Å². The molecule has 1 aliphatic rings. The highest BCUT2D eigenvalue weighted by Gasteiger charge is 2.34. The number of hydrogen-bond acceptors (Lipinski definition) is 4. The molecule has 1 fully saturated rings. The Hall–Kier alpha value is -1.02. The van der Waals surface area contributed by atoms with E-state index in [0.717, 1.165) is 30.2 Å². The van der Waals surface area contributed by atoms with Crippen molar-refractivity contribution in [1.82, 2.24) is 4.90 Å². The van der Waals surface area contributed by atoms with Crippen LogP contribution in [0.1, 0.15) is 25.3 Å². The van der Waals surface area contributed by atoms with Gasteiger partial charge in [0.25, 0.3) is 11.1 Å². The fraction of sp³-hybridized carbons (Fsp3) is 0.286. The first-order chi connectivity index (χ1) is 9.52. The lowest BCUT2D eigenvalue weighted by molar-refractivity contribution is -0.122. The molecule has 1 aromatic carbocycles. The van der Waals surface area contributed by atoms with Gasteiger partial charge in [-0.25, -0.2) is 0 Å². The number of amides is 2. The number of carbonyl (C=O) groups excluding carboxylic acids is 2. The van der Waals surface area contributed by atoms with Crippen molar-refractivity contribution >= 4 is 51.6 Å². The third kappa shape index (κ3) is 3.35. The average Bonchev–Trinajstić information content (AvgIpc) is 2.67. The molecule has 1 aliphatic heterocycles. The molecule has 6 heteroatoms. The van der Waals surface area contributed by atoms with Crippen molar-refractivity contribution in [2.45, 2.75) is 19.8 Å². The molecule has 2 amide bonds. The zero-order chi connectivity index (χ0) is 14.7. The van der Waals surface area contributed by atoms with E-state index in [1.54, 1.807) is 24.3 Å². The first-order valence-electron chi connectivity index (χ1n) is 6.27. The number of carbonyl (C=O) groups is 2. The van der Waals surface area contributed by atoms with Crippen molar-refractivity contribution in [3.8, 4) is 5.75 Å². The molecule has 0 aromatic heterocycles. The van der Waals surface area contributed by atoms with Gasteiger partial charge in [0.2, 0.25) is 0 Å². The summed E-state index contributed by atoms with van der Waals surface area (Å²) in [6, 6.07) is 5.07. The summed E-state index contributed by atoms with van der Waals surface area (Å²) in [7, 11) is 0. The van der Waals surface area contributed by atoms with Crippen LogP contribution in [0.2, 0.25) is 0 Å². The van der Waals surface area contributed by atoms with Crippen molar-refractivity contribution in [2.75, 3.05) is 6.54 Å². The van der Waals surface area contributed by atoms with Gasteiger partial charge in [-0.05, 0) is 64.5 Å². The van der Waals surface area contributed by atoms with Gasteiger partial charge < -0.3 is 5.11 Å². The lowest BCUT2D eigenvalue weighted by Crippen LogP contribution is -2.29. The summed E-state index contributed by atoms with van der Waals surface area (Å²) in [6.07, 6.45) is 3.46. The first-order valence-corrected chi connectivity index (χ1v) is 8.16. The average molecular weight is 403 g/mol. The quantitative estimate of drug-likeness (QED) is 0.613. The highest BCUT2D eigenvalue weighted by atomic mass is 127. The van der Waals surface area contributed by atoms with Crippen LogP contribution in [0, 0.1) is 3.57 Å². The molecule has 1 heterocycles. The molecule has 2 rings (SSSR count). The molecule has 0 aliphatic carbocycles. The third-order valence-corrected chi connectivity index (χ3v) is 4.65. The van der Waals surface area contributed by atoms with Gasteiger partial charge in [-0.15, -0.1) is 0 Å². The predicted octanol–water partition coefficient (Wildman–Crippen LogP) is 3.83. The topological polar surface area (TPSA) is 57.6 Å². The zero-order valence-electron chi connectivity index (χ0n) is 10.9. The molecular formula is C14H14INO3S. The Bertz CT molecular complexity index is 586. The number of aromatic hydroxyl groups is 1. The second-order valence-electron chi connectivity index (χ2n) is 4.40. The maximum Gasteiger partial charge on any atom is 0.293 e. The van der Waals surface area contributed by atoms with Crippen molar-refractivity contribution in [3.63, 3.8) is 0 Å². The van der Waals surface area contributed by atoms with Gasteiger partial charge in [-0.2, -0.15) is 0 Å². The Morgan fingerprint density at radius 2 is 2.15 bits per heavy atom. The number of rotatable bonds is 4. The minimum atomic E-state index is -0.225.